The Balaban J connectivity index is -0.000000000818. The summed E-state index contributed by atoms with van der Waals surface area (Å²) in [7, 11) is 0. The number of carbonyl (C=O) groups is 1. The third-order valence-electron chi connectivity index (χ3n) is 0. The Kier molecular flexibility index (Phi) is 301. The maximum Gasteiger partial charge on any atom is 2.00 e. The Bertz CT molecular complexity index is 54.1. The number of hydrogen-bond acceptors (Lipinski definition) is 1. The van der Waals surface area contributed by atoms with Crippen LogP contribution in [0.4, 0.5) is 0 Å². The van der Waals surface area contributed by atoms with Gasteiger partial charge in [0, 0.05) is 28.6 Å². The van der Waals surface area contributed by atoms with Crippen molar-refractivity contribution in [2.45, 2.75) is 6.92 Å². The van der Waals surface area contributed by atoms with E-state index in [0.29, 0.717) is 0 Å². The first-order chi connectivity index (χ1) is 1.73. The molecule has 0 spiro atoms. The molecule has 0 radical (unpaired) electrons. The molecule has 0 unspecified atom stereocenters. The van der Waals surface area contributed by atoms with Crippen LogP contribution in [0.25, 0.3) is 0 Å². The van der Waals surface area contributed by atoms with Gasteiger partial charge in [0.25, 0.3) is 5.97 Å². The van der Waals surface area contributed by atoms with Gasteiger partial charge in [-0.05, 0) is 0 Å². The van der Waals surface area contributed by atoms with Crippen molar-refractivity contribution in [1.82, 2.24) is 0 Å². The molecule has 11 heavy (non-hydrogen) atoms. The average molecular weight is 459 g/mol. The van der Waals surface area contributed by atoms with Crippen molar-refractivity contribution >= 4 is 104 Å². The minimum Gasteiger partial charge on any atom is -1.00 e. The SMILES string of the molecule is CC(=O)O.O.O.O.O.[Ba+2].[Ba+2].[H-].[H-].[H-].[H-].[Ti]. The summed E-state index contributed by atoms with van der Waals surface area (Å²) < 4.78 is 0. The van der Waals surface area contributed by atoms with E-state index in [1.54, 1.807) is 0 Å². The molecule has 0 fully saturated rings. The van der Waals surface area contributed by atoms with Gasteiger partial charge in [-0.1, -0.05) is 0 Å². The van der Waals surface area contributed by atoms with Crippen LogP contribution in [0.3, 0.4) is 0 Å². The van der Waals surface area contributed by atoms with Crippen molar-refractivity contribution < 1.29 is 59.2 Å². The van der Waals surface area contributed by atoms with E-state index in [0.717, 1.165) is 6.92 Å². The number of carboxylic acid groups (broad SMARTS) is 1. The molecule has 9 N–H and O–H groups in total. The summed E-state index contributed by atoms with van der Waals surface area (Å²) in [4.78, 5) is 9.00. The maximum absolute atomic E-state index is 9.00. The number of carboxylic acids is 1. The predicted molar refractivity (Wildman–Crippen MR) is 43.7 cm³/mol. The Morgan fingerprint density at radius 1 is 1.09 bits per heavy atom. The Morgan fingerprint density at radius 3 is 1.09 bits per heavy atom. The van der Waals surface area contributed by atoms with E-state index < -0.39 is 5.97 Å². The number of rotatable bonds is 0. The Morgan fingerprint density at radius 2 is 1.09 bits per heavy atom. The minimum absolute atomic E-state index is 0. The first kappa shape index (κ1) is 64.6. The average Bonchev–Trinajstić information content (AvgIpc) is 0.811. The van der Waals surface area contributed by atoms with Crippen LogP contribution in [0.2, 0.25) is 0 Å². The molecule has 0 aliphatic heterocycles. The standard InChI is InChI=1S/C2H4O2.2Ba.4H2O.Ti.4H/c1-2(3)4;;;;;;;;;;;/h1H3,(H,3,4);;;4*1H2;;;;;/q;2*+2;;;;;;4*-1. The van der Waals surface area contributed by atoms with Gasteiger partial charge in [0.15, 0.2) is 0 Å². The van der Waals surface area contributed by atoms with Gasteiger partial charge >= 0.3 is 97.8 Å². The second-order valence-corrected chi connectivity index (χ2v) is 0.519. The number of hydrogen-bond donors (Lipinski definition) is 1. The van der Waals surface area contributed by atoms with Crippen molar-refractivity contribution in [3.8, 4) is 0 Å². The van der Waals surface area contributed by atoms with Crippen molar-refractivity contribution in [2.75, 3.05) is 0 Å². The van der Waals surface area contributed by atoms with E-state index in [4.69, 9.17) is 9.90 Å². The molecule has 0 aliphatic rings. The summed E-state index contributed by atoms with van der Waals surface area (Å²) in [6, 6.07) is 0. The molecule has 0 aromatic rings. The van der Waals surface area contributed by atoms with E-state index in [9.17, 15) is 0 Å². The molecule has 9 heteroatoms. The van der Waals surface area contributed by atoms with Crippen LogP contribution in [0, 0.1) is 0 Å². The molecule has 0 amide bonds. The first-order valence-electron chi connectivity index (χ1n) is 0.928. The quantitative estimate of drug-likeness (QED) is 0.372. The van der Waals surface area contributed by atoms with Gasteiger partial charge < -0.3 is 32.7 Å². The van der Waals surface area contributed by atoms with Crippen molar-refractivity contribution in [3.05, 3.63) is 0 Å². The minimum atomic E-state index is -0.833. The normalized spacial score (nSPS) is 2.27. The van der Waals surface area contributed by atoms with Crippen molar-refractivity contribution in [2.24, 2.45) is 0 Å². The van der Waals surface area contributed by atoms with Crippen LogP contribution in [-0.4, -0.2) is 131 Å². The first-order valence-corrected chi connectivity index (χ1v) is 0.928. The van der Waals surface area contributed by atoms with Gasteiger partial charge in [-0.25, -0.2) is 0 Å². The Hall–Kier alpha value is 3.17. The van der Waals surface area contributed by atoms with Crippen LogP contribution < -0.4 is 0 Å². The molecule has 0 saturated heterocycles. The van der Waals surface area contributed by atoms with E-state index in [1.165, 1.54) is 0 Å². The van der Waals surface area contributed by atoms with Crippen LogP contribution >= 0.6 is 0 Å². The molecule has 0 saturated carbocycles. The van der Waals surface area contributed by atoms with Crippen LogP contribution in [0.5, 0.6) is 0 Å². The molecule has 0 aliphatic carbocycles. The molecule has 0 bridgehead atoms. The summed E-state index contributed by atoms with van der Waals surface area (Å²) in [6.07, 6.45) is 0. The smallest absolute Gasteiger partial charge is 1.00 e. The van der Waals surface area contributed by atoms with Gasteiger partial charge in [-0.15, -0.1) is 0 Å². The molecular formula is C2H16Ba2O6Ti. The van der Waals surface area contributed by atoms with Gasteiger partial charge in [0.1, 0.15) is 0 Å². The van der Waals surface area contributed by atoms with E-state index >= 15 is 0 Å². The summed E-state index contributed by atoms with van der Waals surface area (Å²) >= 11 is 0. The van der Waals surface area contributed by atoms with Crippen LogP contribution in [0.1, 0.15) is 12.6 Å². The molecule has 0 aromatic heterocycles. The second kappa shape index (κ2) is 51.3. The van der Waals surface area contributed by atoms with Gasteiger partial charge in [0.05, 0.1) is 0 Å². The molecular weight excluding hydrogens is 443 g/mol. The molecule has 0 heterocycles. The zero-order valence-corrected chi connectivity index (χ0v) is 16.7. The summed E-state index contributed by atoms with van der Waals surface area (Å²) in [5.74, 6) is -0.833. The summed E-state index contributed by atoms with van der Waals surface area (Å²) in [6.45, 7) is 1.08. The molecule has 68 valence electrons. The van der Waals surface area contributed by atoms with E-state index in [2.05, 4.69) is 0 Å². The van der Waals surface area contributed by atoms with Crippen LogP contribution in [0.15, 0.2) is 0 Å². The molecule has 6 nitrogen and oxygen atoms in total. The molecule has 0 rings (SSSR count). The monoisotopic (exact) mass is 460 g/mol. The van der Waals surface area contributed by atoms with Crippen LogP contribution in [-0.2, 0) is 26.5 Å². The largest absolute Gasteiger partial charge is 2.00 e. The molecule has 0 aromatic carbocycles. The topological polar surface area (TPSA) is 163 Å². The fourth-order valence-electron chi connectivity index (χ4n) is 0. The van der Waals surface area contributed by atoms with Gasteiger partial charge in [-0.2, -0.15) is 0 Å². The van der Waals surface area contributed by atoms with E-state index in [1.807, 2.05) is 0 Å². The maximum atomic E-state index is 9.00. The third-order valence-corrected chi connectivity index (χ3v) is 0. The van der Waals surface area contributed by atoms with Gasteiger partial charge in [-0.3, -0.25) is 4.79 Å². The summed E-state index contributed by atoms with van der Waals surface area (Å²) in [5, 5.41) is 7.42. The second-order valence-electron chi connectivity index (χ2n) is 0.519. The summed E-state index contributed by atoms with van der Waals surface area (Å²) in [5.41, 5.74) is 0. The van der Waals surface area contributed by atoms with Gasteiger partial charge in [0.2, 0.25) is 0 Å². The predicted octanol–water partition coefficient (Wildman–Crippen LogP) is -3.52. The zero-order chi connectivity index (χ0) is 3.58. The zero-order valence-electron chi connectivity index (χ0n) is 10.3. The van der Waals surface area contributed by atoms with E-state index in [-0.39, 0.29) is 147 Å². The fraction of sp³-hybridized carbons (Fsp3) is 0.500. The van der Waals surface area contributed by atoms with Crippen molar-refractivity contribution in [1.29, 1.82) is 0 Å². The van der Waals surface area contributed by atoms with Crippen molar-refractivity contribution in [3.63, 3.8) is 0 Å². The third kappa shape index (κ3) is 164. The Labute approximate surface area is 166 Å². The number of aliphatic carboxylic acids is 1. The fourth-order valence-corrected chi connectivity index (χ4v) is 0. The molecule has 0 atom stereocenters.